The van der Waals surface area contributed by atoms with Gasteiger partial charge in [-0.05, 0) is 79.7 Å². The monoisotopic (exact) mass is 493 g/mol. The summed E-state index contributed by atoms with van der Waals surface area (Å²) in [5, 5.41) is 0. The number of anilines is 1. The van der Waals surface area contributed by atoms with Crippen LogP contribution in [0, 0.1) is 0 Å². The van der Waals surface area contributed by atoms with Crippen LogP contribution >= 0.6 is 0 Å². The molecule has 1 amide bonds. The molecule has 0 radical (unpaired) electrons. The molecule has 36 heavy (non-hydrogen) atoms. The van der Waals surface area contributed by atoms with Crippen molar-refractivity contribution in [2.24, 2.45) is 0 Å². The van der Waals surface area contributed by atoms with Crippen LogP contribution < -0.4 is 14.4 Å². The molecule has 4 rings (SSSR count). The molecule has 2 saturated heterocycles. The van der Waals surface area contributed by atoms with Crippen molar-refractivity contribution in [1.82, 2.24) is 9.80 Å². The van der Waals surface area contributed by atoms with Gasteiger partial charge in [-0.3, -0.25) is 4.79 Å². The summed E-state index contributed by atoms with van der Waals surface area (Å²) < 4.78 is 11.5. The number of carbonyl (C=O) groups is 1. The molecule has 0 atom stereocenters. The summed E-state index contributed by atoms with van der Waals surface area (Å²) in [4.78, 5) is 20.2. The van der Waals surface area contributed by atoms with E-state index in [4.69, 9.17) is 9.47 Å². The van der Waals surface area contributed by atoms with Crippen molar-refractivity contribution in [2.75, 3.05) is 64.4 Å². The van der Waals surface area contributed by atoms with Crippen LogP contribution in [0.15, 0.2) is 42.5 Å². The zero-order valence-electron chi connectivity index (χ0n) is 22.6. The molecule has 2 aromatic rings. The summed E-state index contributed by atoms with van der Waals surface area (Å²) >= 11 is 0. The number of rotatable bonds is 8. The number of benzene rings is 2. The van der Waals surface area contributed by atoms with Gasteiger partial charge < -0.3 is 24.2 Å². The van der Waals surface area contributed by atoms with Crippen molar-refractivity contribution < 1.29 is 14.3 Å². The van der Waals surface area contributed by atoms with Crippen molar-refractivity contribution in [1.29, 1.82) is 0 Å². The number of piperidine rings is 1. The molecule has 0 N–H and O–H groups in total. The van der Waals surface area contributed by atoms with Crippen LogP contribution in [-0.4, -0.2) is 75.2 Å². The van der Waals surface area contributed by atoms with Crippen molar-refractivity contribution in [2.45, 2.75) is 51.9 Å². The van der Waals surface area contributed by atoms with E-state index in [-0.39, 0.29) is 11.3 Å². The highest BCUT2D eigenvalue weighted by molar-refractivity contribution is 5.97. The summed E-state index contributed by atoms with van der Waals surface area (Å²) in [5.74, 6) is 1.62. The molecule has 2 fully saturated rings. The van der Waals surface area contributed by atoms with Gasteiger partial charge in [-0.2, -0.15) is 0 Å². The van der Waals surface area contributed by atoms with E-state index in [0.29, 0.717) is 24.4 Å². The van der Waals surface area contributed by atoms with Crippen LogP contribution in [0.4, 0.5) is 5.69 Å². The summed E-state index contributed by atoms with van der Waals surface area (Å²) in [6.45, 7) is 13.9. The van der Waals surface area contributed by atoms with Gasteiger partial charge in [0.15, 0.2) is 0 Å². The Labute approximate surface area is 217 Å². The number of piperazine rings is 1. The van der Waals surface area contributed by atoms with Crippen molar-refractivity contribution in [3.05, 3.63) is 53.6 Å². The Morgan fingerprint density at radius 3 is 2.22 bits per heavy atom. The highest BCUT2D eigenvalue weighted by Gasteiger charge is 2.26. The van der Waals surface area contributed by atoms with E-state index in [1.165, 1.54) is 38.0 Å². The average molecular weight is 494 g/mol. The fraction of sp³-hybridized carbons (Fsp3) is 0.567. The Morgan fingerprint density at radius 2 is 1.58 bits per heavy atom. The molecule has 2 aliphatic rings. The van der Waals surface area contributed by atoms with Crippen LogP contribution in [0.5, 0.6) is 11.5 Å². The topological polar surface area (TPSA) is 45.3 Å². The third-order valence-electron chi connectivity index (χ3n) is 7.40. The number of carbonyl (C=O) groups excluding carboxylic acids is 1. The van der Waals surface area contributed by atoms with Gasteiger partial charge in [0.2, 0.25) is 0 Å². The number of methoxy groups -OCH3 is 1. The second-order valence-electron chi connectivity index (χ2n) is 11.0. The minimum absolute atomic E-state index is 0.0246. The number of likely N-dealkylation sites (tertiary alicyclic amines) is 1. The van der Waals surface area contributed by atoms with Crippen LogP contribution in [-0.2, 0) is 5.41 Å². The molecule has 2 aliphatic heterocycles. The van der Waals surface area contributed by atoms with E-state index in [2.05, 4.69) is 60.9 Å². The number of hydrogen-bond acceptors (Lipinski definition) is 5. The lowest BCUT2D eigenvalue weighted by Crippen LogP contribution is -2.48. The molecule has 0 aromatic heterocycles. The molecule has 0 bridgehead atoms. The molecular weight excluding hydrogens is 450 g/mol. The molecule has 2 heterocycles. The quantitative estimate of drug-likeness (QED) is 0.473. The first-order chi connectivity index (χ1) is 17.3. The minimum Gasteiger partial charge on any atom is -0.496 e. The standard InChI is InChI=1S/C30H43N3O3/c1-30(2,3)24-9-14-28(35-4)27(23-24)29(34)33-20-18-32(19-21-33)25-10-12-26(13-11-25)36-22-8-17-31-15-6-5-7-16-31/h9-14,23H,5-8,15-22H2,1-4H3. The molecule has 0 spiro atoms. The van der Waals surface area contributed by atoms with E-state index in [1.54, 1.807) is 7.11 Å². The lowest BCUT2D eigenvalue weighted by molar-refractivity contribution is 0.0743. The van der Waals surface area contributed by atoms with Gasteiger partial charge >= 0.3 is 0 Å². The maximum atomic E-state index is 13.4. The first-order valence-electron chi connectivity index (χ1n) is 13.5. The summed E-state index contributed by atoms with van der Waals surface area (Å²) in [6.07, 6.45) is 5.12. The molecule has 196 valence electrons. The Kier molecular flexibility index (Phi) is 8.78. The van der Waals surface area contributed by atoms with Crippen LogP contribution in [0.3, 0.4) is 0 Å². The average Bonchev–Trinajstić information content (AvgIpc) is 2.91. The minimum atomic E-state index is -0.0246. The lowest BCUT2D eigenvalue weighted by Gasteiger charge is -2.36. The van der Waals surface area contributed by atoms with Gasteiger partial charge in [-0.1, -0.05) is 33.3 Å². The maximum Gasteiger partial charge on any atom is 0.257 e. The van der Waals surface area contributed by atoms with Crippen molar-refractivity contribution >= 4 is 11.6 Å². The van der Waals surface area contributed by atoms with Crippen LogP contribution in [0.25, 0.3) is 0 Å². The summed E-state index contributed by atoms with van der Waals surface area (Å²) in [6, 6.07) is 14.4. The SMILES string of the molecule is COc1ccc(C(C)(C)C)cc1C(=O)N1CCN(c2ccc(OCCCN3CCCCC3)cc2)CC1. The zero-order valence-corrected chi connectivity index (χ0v) is 22.6. The molecule has 0 unspecified atom stereocenters. The number of ether oxygens (including phenoxy) is 2. The molecule has 6 nitrogen and oxygen atoms in total. The Morgan fingerprint density at radius 1 is 0.889 bits per heavy atom. The number of amides is 1. The second-order valence-corrected chi connectivity index (χ2v) is 11.0. The molecule has 6 heteroatoms. The fourth-order valence-corrected chi connectivity index (χ4v) is 5.09. The van der Waals surface area contributed by atoms with E-state index in [9.17, 15) is 4.79 Å². The fourth-order valence-electron chi connectivity index (χ4n) is 5.09. The highest BCUT2D eigenvalue weighted by atomic mass is 16.5. The van der Waals surface area contributed by atoms with E-state index in [0.717, 1.165) is 44.0 Å². The van der Waals surface area contributed by atoms with Gasteiger partial charge in [-0.25, -0.2) is 0 Å². The lowest BCUT2D eigenvalue weighted by atomic mass is 9.86. The van der Waals surface area contributed by atoms with E-state index in [1.807, 2.05) is 17.0 Å². The van der Waals surface area contributed by atoms with Crippen molar-refractivity contribution in [3.63, 3.8) is 0 Å². The third kappa shape index (κ3) is 6.73. The van der Waals surface area contributed by atoms with Gasteiger partial charge in [0.1, 0.15) is 11.5 Å². The van der Waals surface area contributed by atoms with Gasteiger partial charge in [0, 0.05) is 38.4 Å². The van der Waals surface area contributed by atoms with Gasteiger partial charge in [-0.15, -0.1) is 0 Å². The first-order valence-corrected chi connectivity index (χ1v) is 13.5. The predicted octanol–water partition coefficient (Wildman–Crippen LogP) is 5.21. The molecule has 2 aromatic carbocycles. The van der Waals surface area contributed by atoms with E-state index >= 15 is 0 Å². The van der Waals surface area contributed by atoms with Crippen molar-refractivity contribution in [3.8, 4) is 11.5 Å². The van der Waals surface area contributed by atoms with E-state index < -0.39 is 0 Å². The summed E-state index contributed by atoms with van der Waals surface area (Å²) in [7, 11) is 1.63. The van der Waals surface area contributed by atoms with Crippen LogP contribution in [0.1, 0.15) is 62.4 Å². The number of nitrogens with zero attached hydrogens (tertiary/aromatic N) is 3. The molecule has 0 aliphatic carbocycles. The normalized spacial score (nSPS) is 17.2. The first kappa shape index (κ1) is 26.3. The van der Waals surface area contributed by atoms with Gasteiger partial charge in [0.25, 0.3) is 5.91 Å². The highest BCUT2D eigenvalue weighted by Crippen LogP contribution is 2.29. The van der Waals surface area contributed by atoms with Gasteiger partial charge in [0.05, 0.1) is 19.3 Å². The predicted molar refractivity (Wildman–Crippen MR) is 147 cm³/mol. The summed E-state index contributed by atoms with van der Waals surface area (Å²) in [5.41, 5.74) is 2.94. The van der Waals surface area contributed by atoms with Crippen LogP contribution in [0.2, 0.25) is 0 Å². The molecular formula is C30H43N3O3. The Hall–Kier alpha value is -2.73. The number of hydrogen-bond donors (Lipinski definition) is 0. The Bertz CT molecular complexity index is 985. The third-order valence-corrected chi connectivity index (χ3v) is 7.40. The maximum absolute atomic E-state index is 13.4. The smallest absolute Gasteiger partial charge is 0.257 e. The Balaban J connectivity index is 1.27. The second kappa shape index (κ2) is 12.0. The molecule has 0 saturated carbocycles. The largest absolute Gasteiger partial charge is 0.496 e. The zero-order chi connectivity index (χ0) is 25.5.